The standard InChI is InChI=1S/C23H32N4O11/c1-11(28)19(23(37)38)27-22(36)16(10-12-2-4-13(29)5-3-12)26-21(35)15(7-9-18(32)33)25-20(34)14(24)6-8-17(30)31/h2-5,11,14-16,19,28-29H,6-10,24H2,1H3,(H,25,34)(H,26,35)(H,27,36)(H,30,31)(H,32,33)(H,37,38)/t11-,14+,15+,16+,19+/m1/s1. The van der Waals surface area contributed by atoms with E-state index >= 15 is 0 Å². The molecule has 0 unspecified atom stereocenters. The van der Waals surface area contributed by atoms with Gasteiger partial charge in [-0.3, -0.25) is 24.0 Å². The average Bonchev–Trinajstić information content (AvgIpc) is 2.83. The predicted molar refractivity (Wildman–Crippen MR) is 129 cm³/mol. The lowest BCUT2D eigenvalue weighted by atomic mass is 10.0. The zero-order valence-electron chi connectivity index (χ0n) is 20.5. The van der Waals surface area contributed by atoms with Crippen molar-refractivity contribution in [3.63, 3.8) is 0 Å². The van der Waals surface area contributed by atoms with Gasteiger partial charge in [-0.2, -0.15) is 0 Å². The molecular formula is C23H32N4O11. The lowest BCUT2D eigenvalue weighted by molar-refractivity contribution is -0.145. The highest BCUT2D eigenvalue weighted by Crippen LogP contribution is 2.12. The quantitative estimate of drug-likeness (QED) is 0.109. The molecule has 0 bridgehead atoms. The maximum Gasteiger partial charge on any atom is 0.328 e. The van der Waals surface area contributed by atoms with Gasteiger partial charge in [0.25, 0.3) is 0 Å². The molecule has 15 heteroatoms. The molecular weight excluding hydrogens is 508 g/mol. The van der Waals surface area contributed by atoms with Gasteiger partial charge in [0, 0.05) is 19.3 Å². The van der Waals surface area contributed by atoms with Crippen molar-refractivity contribution >= 4 is 35.6 Å². The molecule has 0 aliphatic heterocycles. The Hall–Kier alpha value is -4.24. The summed E-state index contributed by atoms with van der Waals surface area (Å²) in [5.41, 5.74) is 6.10. The third-order valence-corrected chi connectivity index (χ3v) is 5.34. The fourth-order valence-electron chi connectivity index (χ4n) is 3.22. The van der Waals surface area contributed by atoms with E-state index in [1.807, 2.05) is 0 Å². The Morgan fingerprint density at radius 3 is 1.79 bits per heavy atom. The van der Waals surface area contributed by atoms with Crippen LogP contribution < -0.4 is 21.7 Å². The molecule has 15 nitrogen and oxygen atoms in total. The number of carbonyl (C=O) groups excluding carboxylic acids is 3. The number of hydrogen-bond donors (Lipinski definition) is 9. The van der Waals surface area contributed by atoms with Crippen LogP contribution in [0.2, 0.25) is 0 Å². The maximum atomic E-state index is 13.1. The smallest absolute Gasteiger partial charge is 0.328 e. The van der Waals surface area contributed by atoms with Gasteiger partial charge >= 0.3 is 17.9 Å². The number of phenols is 1. The summed E-state index contributed by atoms with van der Waals surface area (Å²) in [6.07, 6.45) is -3.34. The van der Waals surface area contributed by atoms with E-state index < -0.39 is 85.2 Å². The first-order chi connectivity index (χ1) is 17.7. The lowest BCUT2D eigenvalue weighted by Crippen LogP contribution is -2.58. The van der Waals surface area contributed by atoms with Gasteiger partial charge in [0.15, 0.2) is 6.04 Å². The van der Waals surface area contributed by atoms with Gasteiger partial charge in [0.2, 0.25) is 17.7 Å². The first kappa shape index (κ1) is 31.8. The predicted octanol–water partition coefficient (Wildman–Crippen LogP) is -2.09. The molecule has 0 fully saturated rings. The Morgan fingerprint density at radius 2 is 1.29 bits per heavy atom. The summed E-state index contributed by atoms with van der Waals surface area (Å²) in [7, 11) is 0. The summed E-state index contributed by atoms with van der Waals surface area (Å²) < 4.78 is 0. The van der Waals surface area contributed by atoms with E-state index in [-0.39, 0.29) is 18.6 Å². The Kier molecular flexibility index (Phi) is 12.6. The number of carboxylic acid groups (broad SMARTS) is 3. The minimum atomic E-state index is -1.71. The molecule has 210 valence electrons. The second kappa shape index (κ2) is 15.1. The number of carboxylic acids is 3. The largest absolute Gasteiger partial charge is 0.508 e. The molecule has 0 aliphatic carbocycles. The van der Waals surface area contributed by atoms with Gasteiger partial charge in [-0.25, -0.2) is 4.79 Å². The molecule has 0 saturated heterocycles. The second-order valence-electron chi connectivity index (χ2n) is 8.53. The summed E-state index contributed by atoms with van der Waals surface area (Å²) in [5.74, 6) is -7.01. The van der Waals surface area contributed by atoms with Crippen LogP contribution in [0.1, 0.15) is 38.2 Å². The normalized spacial score (nSPS) is 14.7. The van der Waals surface area contributed by atoms with E-state index in [0.29, 0.717) is 5.56 Å². The number of carbonyl (C=O) groups is 6. The number of nitrogens with two attached hydrogens (primary N) is 1. The zero-order chi connectivity index (χ0) is 29.0. The van der Waals surface area contributed by atoms with E-state index in [1.165, 1.54) is 24.3 Å². The van der Waals surface area contributed by atoms with E-state index in [4.69, 9.17) is 15.9 Å². The average molecular weight is 541 g/mol. The summed E-state index contributed by atoms with van der Waals surface area (Å²) >= 11 is 0. The Bertz CT molecular complexity index is 1010. The van der Waals surface area contributed by atoms with Crippen molar-refractivity contribution < 1.29 is 54.3 Å². The number of amides is 3. The molecule has 0 aromatic heterocycles. The highest BCUT2D eigenvalue weighted by Gasteiger charge is 2.32. The van der Waals surface area contributed by atoms with Gasteiger partial charge in [-0.15, -0.1) is 0 Å². The fraction of sp³-hybridized carbons (Fsp3) is 0.478. The summed E-state index contributed by atoms with van der Waals surface area (Å²) in [5, 5.41) is 53.0. The molecule has 0 aliphatic rings. The van der Waals surface area contributed by atoms with Crippen LogP contribution in [-0.2, 0) is 35.2 Å². The Balaban J connectivity index is 3.16. The van der Waals surface area contributed by atoms with Crippen molar-refractivity contribution in [2.75, 3.05) is 0 Å². The zero-order valence-corrected chi connectivity index (χ0v) is 20.5. The highest BCUT2D eigenvalue weighted by molar-refractivity contribution is 5.94. The van der Waals surface area contributed by atoms with Crippen LogP contribution in [0.25, 0.3) is 0 Å². The topological polar surface area (TPSA) is 266 Å². The lowest BCUT2D eigenvalue weighted by Gasteiger charge is -2.25. The molecule has 0 spiro atoms. The number of phenolic OH excluding ortho intramolecular Hbond substituents is 1. The summed E-state index contributed by atoms with van der Waals surface area (Å²) in [6.45, 7) is 1.14. The number of nitrogens with one attached hydrogen (secondary N) is 3. The van der Waals surface area contributed by atoms with Crippen molar-refractivity contribution in [1.29, 1.82) is 0 Å². The molecule has 1 rings (SSSR count). The number of aliphatic hydroxyl groups is 1. The van der Waals surface area contributed by atoms with E-state index in [1.54, 1.807) is 0 Å². The second-order valence-corrected chi connectivity index (χ2v) is 8.53. The van der Waals surface area contributed by atoms with Crippen LogP contribution in [0.5, 0.6) is 5.75 Å². The molecule has 3 amide bonds. The molecule has 1 aromatic rings. The Morgan fingerprint density at radius 1 is 0.789 bits per heavy atom. The number of aromatic hydroxyl groups is 1. The molecule has 0 radical (unpaired) electrons. The van der Waals surface area contributed by atoms with Gasteiger partial charge < -0.3 is 47.2 Å². The van der Waals surface area contributed by atoms with Gasteiger partial charge in [0.05, 0.1) is 12.1 Å². The van der Waals surface area contributed by atoms with Crippen molar-refractivity contribution in [2.45, 2.75) is 69.3 Å². The van der Waals surface area contributed by atoms with Crippen molar-refractivity contribution in [3.05, 3.63) is 29.8 Å². The number of hydrogen-bond acceptors (Lipinski definition) is 9. The molecule has 5 atom stereocenters. The van der Waals surface area contributed by atoms with Crippen molar-refractivity contribution in [2.24, 2.45) is 5.73 Å². The number of aliphatic hydroxyl groups excluding tert-OH is 1. The minimum absolute atomic E-state index is 0.0745. The molecule has 1 aromatic carbocycles. The van der Waals surface area contributed by atoms with E-state index in [0.717, 1.165) is 6.92 Å². The van der Waals surface area contributed by atoms with Crippen molar-refractivity contribution in [1.82, 2.24) is 16.0 Å². The molecule has 10 N–H and O–H groups in total. The van der Waals surface area contributed by atoms with Crippen LogP contribution in [0.15, 0.2) is 24.3 Å². The number of benzene rings is 1. The van der Waals surface area contributed by atoms with E-state index in [9.17, 15) is 44.1 Å². The number of rotatable bonds is 16. The first-order valence-corrected chi connectivity index (χ1v) is 11.5. The third-order valence-electron chi connectivity index (χ3n) is 5.34. The van der Waals surface area contributed by atoms with Crippen molar-refractivity contribution in [3.8, 4) is 5.75 Å². The molecule has 0 heterocycles. The van der Waals surface area contributed by atoms with Crippen LogP contribution in [0, 0.1) is 0 Å². The first-order valence-electron chi connectivity index (χ1n) is 11.5. The van der Waals surface area contributed by atoms with Gasteiger partial charge in [0.1, 0.15) is 17.8 Å². The van der Waals surface area contributed by atoms with Crippen LogP contribution in [0.3, 0.4) is 0 Å². The highest BCUT2D eigenvalue weighted by atomic mass is 16.4. The van der Waals surface area contributed by atoms with Gasteiger partial charge in [-0.05, 0) is 37.5 Å². The van der Waals surface area contributed by atoms with Crippen LogP contribution >= 0.6 is 0 Å². The van der Waals surface area contributed by atoms with E-state index in [2.05, 4.69) is 16.0 Å². The summed E-state index contributed by atoms with van der Waals surface area (Å²) in [4.78, 5) is 71.6. The SMILES string of the molecule is C[C@@H](O)[C@H](NC(=O)[C@H](Cc1ccc(O)cc1)NC(=O)[C@H](CCC(=O)O)NC(=O)[C@@H](N)CCC(=O)O)C(=O)O. The fourth-order valence-corrected chi connectivity index (χ4v) is 3.22. The Labute approximate surface area is 217 Å². The monoisotopic (exact) mass is 540 g/mol. The minimum Gasteiger partial charge on any atom is -0.508 e. The molecule has 38 heavy (non-hydrogen) atoms. The van der Waals surface area contributed by atoms with Gasteiger partial charge in [-0.1, -0.05) is 12.1 Å². The third kappa shape index (κ3) is 11.2. The number of aliphatic carboxylic acids is 3. The van der Waals surface area contributed by atoms with Crippen LogP contribution in [-0.4, -0.2) is 91.4 Å². The van der Waals surface area contributed by atoms with Crippen LogP contribution in [0.4, 0.5) is 0 Å². The summed E-state index contributed by atoms with van der Waals surface area (Å²) in [6, 6.07) is -0.449. The maximum absolute atomic E-state index is 13.1. The molecule has 0 saturated carbocycles.